The predicted octanol–water partition coefficient (Wildman–Crippen LogP) is 1.77. The average molecular weight is 548 g/mol. The smallest absolute Gasteiger partial charge is 0.224 e. The topological polar surface area (TPSA) is 130 Å². The van der Waals surface area contributed by atoms with Crippen LogP contribution >= 0.6 is 0 Å². The summed E-state index contributed by atoms with van der Waals surface area (Å²) in [6, 6.07) is 10.2. The highest BCUT2D eigenvalue weighted by Crippen LogP contribution is 2.30. The molecule has 13 heteroatoms. The van der Waals surface area contributed by atoms with E-state index in [4.69, 9.17) is 4.98 Å². The van der Waals surface area contributed by atoms with E-state index in [2.05, 4.69) is 38.1 Å². The summed E-state index contributed by atoms with van der Waals surface area (Å²) in [6.45, 7) is 2.23. The van der Waals surface area contributed by atoms with Crippen LogP contribution in [0.2, 0.25) is 0 Å². The molecule has 0 unspecified atom stereocenters. The van der Waals surface area contributed by atoms with E-state index in [0.29, 0.717) is 32.1 Å². The van der Waals surface area contributed by atoms with Gasteiger partial charge in [0.15, 0.2) is 0 Å². The Morgan fingerprint density at radius 2 is 1.59 bits per heavy atom. The van der Waals surface area contributed by atoms with Gasteiger partial charge in [-0.15, -0.1) is 0 Å². The van der Waals surface area contributed by atoms with Gasteiger partial charge in [-0.2, -0.15) is 9.29 Å². The van der Waals surface area contributed by atoms with Crippen molar-refractivity contribution in [2.45, 2.75) is 37.8 Å². The molecule has 1 saturated carbocycles. The van der Waals surface area contributed by atoms with Crippen molar-refractivity contribution in [3.8, 4) is 5.82 Å². The van der Waals surface area contributed by atoms with Crippen LogP contribution in [0.5, 0.6) is 0 Å². The van der Waals surface area contributed by atoms with Gasteiger partial charge >= 0.3 is 0 Å². The maximum absolute atomic E-state index is 11.9. The van der Waals surface area contributed by atoms with Gasteiger partial charge < -0.3 is 14.8 Å². The Morgan fingerprint density at radius 1 is 0.892 bits per heavy atom. The number of nitrogens with zero attached hydrogens (tertiary/aromatic N) is 5. The predicted molar refractivity (Wildman–Crippen MR) is 145 cm³/mol. The van der Waals surface area contributed by atoms with E-state index in [1.54, 1.807) is 6.20 Å². The Morgan fingerprint density at radius 3 is 2.27 bits per heavy atom. The van der Waals surface area contributed by atoms with E-state index in [1.165, 1.54) is 16.8 Å². The molecule has 200 valence electrons. The molecular formula is C24H33N7O4S2. The number of nitrogens with one attached hydrogen (secondary N) is 2. The Hall–Kier alpha value is -2.74. The molecule has 11 nitrogen and oxygen atoms in total. The van der Waals surface area contributed by atoms with Gasteiger partial charge in [0, 0.05) is 61.7 Å². The van der Waals surface area contributed by atoms with Crippen molar-refractivity contribution < 1.29 is 16.8 Å². The summed E-state index contributed by atoms with van der Waals surface area (Å²) in [7, 11) is -6.37. The Kier molecular flexibility index (Phi) is 7.14. The Labute approximate surface area is 218 Å². The fraction of sp³-hybridized carbons (Fsp3) is 0.500. The molecule has 5 rings (SSSR count). The van der Waals surface area contributed by atoms with Gasteiger partial charge in [-0.3, -0.25) is 0 Å². The molecule has 2 N–H and O–H groups in total. The van der Waals surface area contributed by atoms with Gasteiger partial charge in [-0.25, -0.2) is 26.5 Å². The van der Waals surface area contributed by atoms with Gasteiger partial charge in [0.25, 0.3) is 0 Å². The lowest BCUT2D eigenvalue weighted by molar-refractivity contribution is 0.387. The average Bonchev–Trinajstić information content (AvgIpc) is 3.29. The summed E-state index contributed by atoms with van der Waals surface area (Å²) in [4.78, 5) is 11.4. The van der Waals surface area contributed by atoms with Crippen molar-refractivity contribution >= 4 is 42.6 Å². The lowest BCUT2D eigenvalue weighted by Crippen LogP contribution is -2.48. The highest BCUT2D eigenvalue weighted by molar-refractivity contribution is 7.88. The molecule has 1 aliphatic heterocycles. The molecule has 1 aliphatic carbocycles. The van der Waals surface area contributed by atoms with Crippen molar-refractivity contribution in [3.05, 3.63) is 42.7 Å². The highest BCUT2D eigenvalue weighted by Gasteiger charge is 2.25. The Bertz CT molecular complexity index is 1470. The van der Waals surface area contributed by atoms with Crippen molar-refractivity contribution in [1.82, 2.24) is 23.6 Å². The van der Waals surface area contributed by atoms with E-state index in [-0.39, 0.29) is 12.1 Å². The van der Waals surface area contributed by atoms with Crippen LogP contribution in [-0.2, 0) is 20.0 Å². The minimum atomic E-state index is -3.19. The molecule has 0 radical (unpaired) electrons. The molecule has 37 heavy (non-hydrogen) atoms. The number of anilines is 2. The van der Waals surface area contributed by atoms with Gasteiger partial charge in [-0.05, 0) is 49.9 Å². The number of benzene rings is 1. The van der Waals surface area contributed by atoms with Gasteiger partial charge in [0.1, 0.15) is 5.82 Å². The lowest BCUT2D eigenvalue weighted by Gasteiger charge is -2.35. The number of sulfonamides is 2. The van der Waals surface area contributed by atoms with Crippen molar-refractivity contribution in [1.29, 1.82) is 0 Å². The first-order valence-electron chi connectivity index (χ1n) is 12.4. The SMILES string of the molecule is CS(=O)(=O)NC1CCC(Nc2nccc(-n3ccc4c(N5CCN(S(C)(=O)=O)CC5)cccc43)n2)CC1. The van der Waals surface area contributed by atoms with Crippen molar-refractivity contribution in [3.63, 3.8) is 0 Å². The fourth-order valence-electron chi connectivity index (χ4n) is 5.28. The second-order valence-corrected chi connectivity index (χ2v) is 13.6. The second kappa shape index (κ2) is 10.2. The van der Waals surface area contributed by atoms with E-state index >= 15 is 0 Å². The zero-order valence-corrected chi connectivity index (χ0v) is 22.7. The molecule has 2 aromatic heterocycles. The minimum Gasteiger partial charge on any atom is -0.368 e. The highest BCUT2D eigenvalue weighted by atomic mass is 32.2. The Balaban J connectivity index is 1.30. The third-order valence-corrected chi connectivity index (χ3v) is 9.15. The largest absolute Gasteiger partial charge is 0.368 e. The number of piperazine rings is 1. The molecule has 3 aromatic rings. The molecule has 0 spiro atoms. The van der Waals surface area contributed by atoms with Gasteiger partial charge in [0.2, 0.25) is 26.0 Å². The number of hydrogen-bond donors (Lipinski definition) is 2. The number of rotatable bonds is 7. The van der Waals surface area contributed by atoms with Crippen LogP contribution in [0.25, 0.3) is 16.7 Å². The van der Waals surface area contributed by atoms with Crippen LogP contribution in [0.1, 0.15) is 25.7 Å². The van der Waals surface area contributed by atoms with Gasteiger partial charge in [0.05, 0.1) is 18.0 Å². The summed E-state index contributed by atoms with van der Waals surface area (Å²) in [6.07, 6.45) is 9.41. The van der Waals surface area contributed by atoms with Crippen LogP contribution in [0.4, 0.5) is 11.6 Å². The molecule has 2 aliphatic rings. The molecular weight excluding hydrogens is 514 g/mol. The summed E-state index contributed by atoms with van der Waals surface area (Å²) in [5.74, 6) is 1.30. The minimum absolute atomic E-state index is 0.0184. The molecule has 3 heterocycles. The quantitative estimate of drug-likeness (QED) is 0.458. The van der Waals surface area contributed by atoms with Crippen molar-refractivity contribution in [2.24, 2.45) is 0 Å². The van der Waals surface area contributed by atoms with Crippen LogP contribution in [0.3, 0.4) is 0 Å². The van der Waals surface area contributed by atoms with E-state index in [9.17, 15) is 16.8 Å². The third kappa shape index (κ3) is 6.06. The van der Waals surface area contributed by atoms with Crippen LogP contribution in [0, 0.1) is 0 Å². The first-order valence-corrected chi connectivity index (χ1v) is 16.2. The van der Waals surface area contributed by atoms with Crippen molar-refractivity contribution in [2.75, 3.05) is 48.9 Å². The number of hydrogen-bond acceptors (Lipinski definition) is 8. The zero-order valence-electron chi connectivity index (χ0n) is 21.0. The van der Waals surface area contributed by atoms with Crippen LogP contribution in [-0.4, -0.2) is 86.5 Å². The molecule has 1 saturated heterocycles. The summed E-state index contributed by atoms with van der Waals surface area (Å²) in [5, 5.41) is 4.50. The molecule has 0 bridgehead atoms. The molecule has 0 atom stereocenters. The lowest BCUT2D eigenvalue weighted by atomic mass is 9.92. The number of fused-ring (bicyclic) bond motifs is 1. The van der Waals surface area contributed by atoms with Gasteiger partial charge in [-0.1, -0.05) is 6.07 Å². The van der Waals surface area contributed by atoms with E-state index in [0.717, 1.165) is 48.1 Å². The number of aromatic nitrogens is 3. The zero-order chi connectivity index (χ0) is 26.2. The third-order valence-electron chi connectivity index (χ3n) is 7.09. The van der Waals surface area contributed by atoms with Crippen LogP contribution in [0.15, 0.2) is 42.7 Å². The summed E-state index contributed by atoms with van der Waals surface area (Å²) in [5.41, 5.74) is 2.09. The first-order chi connectivity index (χ1) is 17.6. The van der Waals surface area contributed by atoms with Crippen LogP contribution < -0.4 is 14.9 Å². The molecule has 0 amide bonds. The van der Waals surface area contributed by atoms with E-state index < -0.39 is 20.0 Å². The second-order valence-electron chi connectivity index (χ2n) is 9.87. The standard InChI is InChI=1S/C24H33N7O4S2/c1-36(32,33)28-19-8-6-18(7-9-19)26-24-25-12-10-23(27-24)31-13-11-20-21(4-3-5-22(20)31)29-14-16-30(17-15-29)37(2,34)35/h3-5,10-13,18-19,28H,6-9,14-17H2,1-2H3,(H,25,26,27). The normalized spacial score (nSPS) is 21.8. The fourth-order valence-corrected chi connectivity index (χ4v) is 6.95. The monoisotopic (exact) mass is 547 g/mol. The summed E-state index contributed by atoms with van der Waals surface area (Å²) >= 11 is 0. The maximum atomic E-state index is 11.9. The first kappa shape index (κ1) is 25.9. The summed E-state index contributed by atoms with van der Waals surface area (Å²) < 4.78 is 53.0. The molecule has 1 aromatic carbocycles. The molecule has 2 fully saturated rings. The maximum Gasteiger partial charge on any atom is 0.224 e. The van der Waals surface area contributed by atoms with E-state index in [1.807, 2.05) is 22.9 Å².